The van der Waals surface area contributed by atoms with E-state index in [4.69, 9.17) is 4.74 Å². The molecule has 0 radical (unpaired) electrons. The molecule has 2 aromatic carbocycles. The number of carbonyl (C=O) groups is 2. The quantitative estimate of drug-likeness (QED) is 0.784. The smallest absolute Gasteiger partial charge is 0.200 e. The van der Waals surface area contributed by atoms with Crippen molar-refractivity contribution in [3.05, 3.63) is 64.7 Å². The molecule has 0 spiro atoms. The zero-order chi connectivity index (χ0) is 15.4. The number of aryl methyl sites for hydroxylation is 2. The van der Waals surface area contributed by atoms with Crippen molar-refractivity contribution in [3.63, 3.8) is 0 Å². The first-order valence-electron chi connectivity index (χ1n) is 6.82. The minimum Gasteiger partial charge on any atom is -0.485 e. The number of rotatable bonds is 5. The van der Waals surface area contributed by atoms with Crippen LogP contribution in [0.15, 0.2) is 42.5 Å². The Kier molecular flexibility index (Phi) is 4.53. The molecule has 0 bridgehead atoms. The Labute approximate surface area is 124 Å². The topological polar surface area (TPSA) is 43.4 Å². The van der Waals surface area contributed by atoms with Gasteiger partial charge in [-0.05, 0) is 50.1 Å². The molecule has 0 fully saturated rings. The summed E-state index contributed by atoms with van der Waals surface area (Å²) in [5, 5.41) is 0. The van der Waals surface area contributed by atoms with Crippen LogP contribution in [0.1, 0.15) is 38.8 Å². The van der Waals surface area contributed by atoms with Crippen LogP contribution in [0.4, 0.5) is 0 Å². The van der Waals surface area contributed by atoms with Gasteiger partial charge < -0.3 is 4.74 Å². The summed E-state index contributed by atoms with van der Waals surface area (Å²) in [5.41, 5.74) is 3.34. The zero-order valence-corrected chi connectivity index (χ0v) is 12.5. The molecule has 0 aliphatic carbocycles. The molecule has 0 saturated heterocycles. The van der Waals surface area contributed by atoms with Crippen LogP contribution < -0.4 is 4.74 Å². The maximum atomic E-state index is 12.2. The summed E-state index contributed by atoms with van der Waals surface area (Å²) in [7, 11) is 0. The fourth-order valence-corrected chi connectivity index (χ4v) is 2.02. The van der Waals surface area contributed by atoms with Gasteiger partial charge in [0.2, 0.25) is 0 Å². The molecule has 0 saturated carbocycles. The minimum atomic E-state index is -0.101. The van der Waals surface area contributed by atoms with Gasteiger partial charge in [-0.1, -0.05) is 24.3 Å². The average molecular weight is 282 g/mol. The fraction of sp³-hybridized carbons (Fsp3) is 0.222. The van der Waals surface area contributed by atoms with Gasteiger partial charge in [-0.3, -0.25) is 9.59 Å². The van der Waals surface area contributed by atoms with Crippen molar-refractivity contribution in [2.45, 2.75) is 20.8 Å². The van der Waals surface area contributed by atoms with Crippen molar-refractivity contribution in [2.24, 2.45) is 0 Å². The molecule has 0 atom stereocenters. The third kappa shape index (κ3) is 3.57. The van der Waals surface area contributed by atoms with Crippen molar-refractivity contribution in [2.75, 3.05) is 6.61 Å². The summed E-state index contributed by atoms with van der Waals surface area (Å²) >= 11 is 0. The van der Waals surface area contributed by atoms with Crippen LogP contribution >= 0.6 is 0 Å². The van der Waals surface area contributed by atoms with Crippen LogP contribution in [0.3, 0.4) is 0 Å². The van der Waals surface area contributed by atoms with E-state index in [1.165, 1.54) is 6.92 Å². The highest BCUT2D eigenvalue weighted by Gasteiger charge is 2.11. The Bertz CT molecular complexity index is 687. The third-order valence-electron chi connectivity index (χ3n) is 3.45. The number of benzene rings is 2. The predicted octanol–water partition coefficient (Wildman–Crippen LogP) is 3.77. The van der Waals surface area contributed by atoms with E-state index in [0.717, 1.165) is 11.1 Å². The van der Waals surface area contributed by atoms with E-state index in [1.54, 1.807) is 30.3 Å². The molecular formula is C18H18O3. The summed E-state index contributed by atoms with van der Waals surface area (Å²) in [6.07, 6.45) is 0. The average Bonchev–Trinajstić information content (AvgIpc) is 2.47. The van der Waals surface area contributed by atoms with Gasteiger partial charge >= 0.3 is 0 Å². The summed E-state index contributed by atoms with van der Waals surface area (Å²) in [4.78, 5) is 23.7. The van der Waals surface area contributed by atoms with Crippen LogP contribution in [-0.4, -0.2) is 18.2 Å². The van der Waals surface area contributed by atoms with Crippen molar-refractivity contribution < 1.29 is 14.3 Å². The molecule has 3 nitrogen and oxygen atoms in total. The summed E-state index contributed by atoms with van der Waals surface area (Å²) in [6, 6.07) is 12.5. The molecule has 0 aliphatic heterocycles. The fourth-order valence-electron chi connectivity index (χ4n) is 2.02. The van der Waals surface area contributed by atoms with Crippen LogP contribution in [0.5, 0.6) is 5.75 Å². The maximum absolute atomic E-state index is 12.2. The summed E-state index contributed by atoms with van der Waals surface area (Å²) in [6.45, 7) is 5.38. The molecule has 2 rings (SSSR count). The van der Waals surface area contributed by atoms with Crippen LogP contribution in [0, 0.1) is 13.8 Å². The molecule has 0 aliphatic rings. The Morgan fingerprint density at radius 2 is 1.71 bits per heavy atom. The van der Waals surface area contributed by atoms with E-state index in [-0.39, 0.29) is 18.2 Å². The van der Waals surface area contributed by atoms with Crippen molar-refractivity contribution >= 4 is 11.6 Å². The molecule has 0 aromatic heterocycles. The largest absolute Gasteiger partial charge is 0.485 e. The highest BCUT2D eigenvalue weighted by molar-refractivity contribution is 5.98. The third-order valence-corrected chi connectivity index (χ3v) is 3.45. The van der Waals surface area contributed by atoms with E-state index in [0.29, 0.717) is 16.9 Å². The zero-order valence-electron chi connectivity index (χ0n) is 12.5. The molecule has 108 valence electrons. The molecule has 3 heteroatoms. The first kappa shape index (κ1) is 15.0. The van der Waals surface area contributed by atoms with E-state index < -0.39 is 0 Å². The number of ketones is 2. The molecule has 0 heterocycles. The Balaban J connectivity index is 2.11. The predicted molar refractivity (Wildman–Crippen MR) is 82.2 cm³/mol. The van der Waals surface area contributed by atoms with Gasteiger partial charge in [0, 0.05) is 5.56 Å². The second-order valence-corrected chi connectivity index (χ2v) is 5.06. The number of ether oxygens (including phenoxy) is 1. The molecular weight excluding hydrogens is 264 g/mol. The highest BCUT2D eigenvalue weighted by atomic mass is 16.5. The minimum absolute atomic E-state index is 0.0766. The lowest BCUT2D eigenvalue weighted by Crippen LogP contribution is -2.13. The number of para-hydroxylation sites is 1. The van der Waals surface area contributed by atoms with Gasteiger partial charge in [-0.15, -0.1) is 0 Å². The first-order chi connectivity index (χ1) is 9.99. The van der Waals surface area contributed by atoms with Crippen LogP contribution in [0.25, 0.3) is 0 Å². The van der Waals surface area contributed by atoms with Gasteiger partial charge in [0.1, 0.15) is 5.75 Å². The van der Waals surface area contributed by atoms with Crippen molar-refractivity contribution in [1.82, 2.24) is 0 Å². The Morgan fingerprint density at radius 1 is 1.00 bits per heavy atom. The van der Waals surface area contributed by atoms with Crippen LogP contribution in [-0.2, 0) is 0 Å². The van der Waals surface area contributed by atoms with E-state index >= 15 is 0 Å². The van der Waals surface area contributed by atoms with Gasteiger partial charge in [0.15, 0.2) is 18.2 Å². The van der Waals surface area contributed by atoms with Gasteiger partial charge in [0.05, 0.1) is 5.56 Å². The molecule has 0 N–H and O–H groups in total. The summed E-state index contributed by atoms with van der Waals surface area (Å²) < 4.78 is 5.51. The molecule has 0 unspecified atom stereocenters. The number of carbonyl (C=O) groups excluding carboxylic acids is 2. The second-order valence-electron chi connectivity index (χ2n) is 5.06. The highest BCUT2D eigenvalue weighted by Crippen LogP contribution is 2.19. The van der Waals surface area contributed by atoms with Crippen molar-refractivity contribution in [3.8, 4) is 5.75 Å². The lowest BCUT2D eigenvalue weighted by molar-refractivity contribution is 0.0913. The first-order valence-corrected chi connectivity index (χ1v) is 6.82. The molecule has 2 aromatic rings. The lowest BCUT2D eigenvalue weighted by Gasteiger charge is -2.09. The Hall–Kier alpha value is -2.42. The van der Waals surface area contributed by atoms with Gasteiger partial charge in [-0.2, -0.15) is 0 Å². The monoisotopic (exact) mass is 282 g/mol. The number of hydrogen-bond acceptors (Lipinski definition) is 3. The van der Waals surface area contributed by atoms with E-state index in [1.807, 2.05) is 26.0 Å². The van der Waals surface area contributed by atoms with E-state index in [9.17, 15) is 9.59 Å². The second kappa shape index (κ2) is 6.35. The van der Waals surface area contributed by atoms with Crippen LogP contribution in [0.2, 0.25) is 0 Å². The molecule has 0 amide bonds. The number of hydrogen-bond donors (Lipinski definition) is 0. The summed E-state index contributed by atoms with van der Waals surface area (Å²) in [5.74, 6) is 0.267. The van der Waals surface area contributed by atoms with E-state index in [2.05, 4.69) is 0 Å². The van der Waals surface area contributed by atoms with Crippen molar-refractivity contribution in [1.29, 1.82) is 0 Å². The SMILES string of the molecule is CC(=O)c1ccccc1OCC(=O)c1ccc(C)c(C)c1. The molecule has 21 heavy (non-hydrogen) atoms. The Morgan fingerprint density at radius 3 is 2.38 bits per heavy atom. The normalized spacial score (nSPS) is 10.2. The maximum Gasteiger partial charge on any atom is 0.200 e. The standard InChI is InChI=1S/C18H18O3/c1-12-8-9-15(10-13(12)2)17(20)11-21-18-7-5-4-6-16(18)14(3)19/h4-10H,11H2,1-3H3. The van der Waals surface area contributed by atoms with Gasteiger partial charge in [-0.25, -0.2) is 0 Å². The number of Topliss-reactive ketones (excluding diaryl/α,β-unsaturated/α-hetero) is 2. The lowest BCUT2D eigenvalue weighted by atomic mass is 10.0. The van der Waals surface area contributed by atoms with Gasteiger partial charge in [0.25, 0.3) is 0 Å².